The van der Waals surface area contributed by atoms with Crippen LogP contribution in [0.2, 0.25) is 0 Å². The van der Waals surface area contributed by atoms with Crippen molar-refractivity contribution in [3.8, 4) is 11.5 Å². The lowest BCUT2D eigenvalue weighted by atomic mass is 10.1. The van der Waals surface area contributed by atoms with E-state index in [-0.39, 0.29) is 17.3 Å². The second-order valence-corrected chi connectivity index (χ2v) is 9.52. The SMILES string of the molecule is COc1ccccc1NC(=O)CN1C(=O)S/C(=C\c2cc(Br)ccc2OCc2ccc(F)cc2)C1=O. The maximum Gasteiger partial charge on any atom is 0.294 e. The van der Waals surface area contributed by atoms with Gasteiger partial charge in [0.1, 0.15) is 30.5 Å². The van der Waals surface area contributed by atoms with Gasteiger partial charge >= 0.3 is 0 Å². The van der Waals surface area contributed by atoms with E-state index in [1.54, 1.807) is 60.7 Å². The molecule has 4 rings (SSSR count). The van der Waals surface area contributed by atoms with E-state index in [1.807, 2.05) is 0 Å². The number of anilines is 1. The molecule has 10 heteroatoms. The fraction of sp³-hybridized carbons (Fsp3) is 0.115. The van der Waals surface area contributed by atoms with Gasteiger partial charge in [-0.05, 0) is 65.9 Å². The molecule has 36 heavy (non-hydrogen) atoms. The van der Waals surface area contributed by atoms with Crippen LogP contribution in [0.5, 0.6) is 11.5 Å². The fourth-order valence-corrected chi connectivity index (χ4v) is 4.57. The number of halogens is 2. The molecular weight excluding hydrogens is 551 g/mol. The summed E-state index contributed by atoms with van der Waals surface area (Å²) in [5, 5.41) is 2.11. The molecule has 1 heterocycles. The Morgan fingerprint density at radius 3 is 2.58 bits per heavy atom. The maximum absolute atomic E-state index is 13.2. The highest BCUT2D eigenvalue weighted by Gasteiger charge is 2.36. The first-order valence-electron chi connectivity index (χ1n) is 10.7. The number of carbonyl (C=O) groups is 3. The number of para-hydroxylation sites is 2. The van der Waals surface area contributed by atoms with Crippen molar-refractivity contribution in [2.24, 2.45) is 0 Å². The first-order chi connectivity index (χ1) is 17.3. The Morgan fingerprint density at radius 1 is 1.08 bits per heavy atom. The molecule has 1 fully saturated rings. The van der Waals surface area contributed by atoms with Crippen LogP contribution in [0.15, 0.2) is 76.1 Å². The molecule has 1 aliphatic rings. The highest BCUT2D eigenvalue weighted by molar-refractivity contribution is 9.10. The van der Waals surface area contributed by atoms with Crippen molar-refractivity contribution in [1.29, 1.82) is 0 Å². The average Bonchev–Trinajstić information content (AvgIpc) is 3.12. The summed E-state index contributed by atoms with van der Waals surface area (Å²) in [4.78, 5) is 39.1. The lowest BCUT2D eigenvalue weighted by Gasteiger charge is -2.14. The fourth-order valence-electron chi connectivity index (χ4n) is 3.36. The summed E-state index contributed by atoms with van der Waals surface area (Å²) in [5.41, 5.74) is 1.77. The van der Waals surface area contributed by atoms with E-state index in [0.29, 0.717) is 22.7 Å². The number of nitrogens with one attached hydrogen (secondary N) is 1. The van der Waals surface area contributed by atoms with Gasteiger partial charge in [0.15, 0.2) is 0 Å². The molecule has 0 unspecified atom stereocenters. The molecule has 3 amide bonds. The topological polar surface area (TPSA) is 84.9 Å². The van der Waals surface area contributed by atoms with Crippen molar-refractivity contribution in [1.82, 2.24) is 4.90 Å². The van der Waals surface area contributed by atoms with E-state index in [2.05, 4.69) is 21.2 Å². The van der Waals surface area contributed by atoms with Crippen molar-refractivity contribution < 1.29 is 28.2 Å². The smallest absolute Gasteiger partial charge is 0.294 e. The monoisotopic (exact) mass is 570 g/mol. The Kier molecular flexibility index (Phi) is 8.07. The third-order valence-corrected chi connectivity index (χ3v) is 6.52. The lowest BCUT2D eigenvalue weighted by molar-refractivity contribution is -0.127. The van der Waals surface area contributed by atoms with Crippen LogP contribution in [0, 0.1) is 5.82 Å². The van der Waals surface area contributed by atoms with E-state index in [1.165, 1.54) is 19.2 Å². The number of methoxy groups -OCH3 is 1. The molecule has 1 saturated heterocycles. The van der Waals surface area contributed by atoms with Gasteiger partial charge < -0.3 is 14.8 Å². The minimum Gasteiger partial charge on any atom is -0.495 e. The average molecular weight is 571 g/mol. The molecule has 1 N–H and O–H groups in total. The Balaban J connectivity index is 1.48. The van der Waals surface area contributed by atoms with E-state index >= 15 is 0 Å². The van der Waals surface area contributed by atoms with Gasteiger partial charge in [-0.3, -0.25) is 19.3 Å². The molecule has 0 aliphatic carbocycles. The summed E-state index contributed by atoms with van der Waals surface area (Å²) in [6.45, 7) is -0.250. The Hall–Kier alpha value is -3.63. The molecule has 0 spiro atoms. The number of hydrogen-bond acceptors (Lipinski definition) is 6. The van der Waals surface area contributed by atoms with Crippen LogP contribution in [0.3, 0.4) is 0 Å². The Bertz CT molecular complexity index is 1350. The summed E-state index contributed by atoms with van der Waals surface area (Å²) in [7, 11) is 1.48. The second-order valence-electron chi connectivity index (χ2n) is 7.61. The normalized spacial score (nSPS) is 14.3. The van der Waals surface area contributed by atoms with Gasteiger partial charge in [-0.1, -0.05) is 40.2 Å². The molecule has 3 aromatic rings. The predicted molar refractivity (Wildman–Crippen MR) is 139 cm³/mol. The van der Waals surface area contributed by atoms with Crippen LogP contribution < -0.4 is 14.8 Å². The number of ether oxygens (including phenoxy) is 2. The van der Waals surface area contributed by atoms with Crippen LogP contribution in [0.4, 0.5) is 14.9 Å². The first-order valence-corrected chi connectivity index (χ1v) is 12.3. The Labute approximate surface area is 219 Å². The van der Waals surface area contributed by atoms with E-state index < -0.39 is 23.6 Å². The predicted octanol–water partition coefficient (Wildman–Crippen LogP) is 5.85. The minimum absolute atomic E-state index is 0.162. The Morgan fingerprint density at radius 2 is 1.83 bits per heavy atom. The highest BCUT2D eigenvalue weighted by atomic mass is 79.9. The van der Waals surface area contributed by atoms with Crippen molar-refractivity contribution in [3.63, 3.8) is 0 Å². The van der Waals surface area contributed by atoms with Crippen molar-refractivity contribution in [2.75, 3.05) is 19.0 Å². The molecule has 0 saturated carbocycles. The summed E-state index contributed by atoms with van der Waals surface area (Å²) in [5.74, 6) is -0.514. The number of carbonyl (C=O) groups excluding carboxylic acids is 3. The second kappa shape index (κ2) is 11.4. The van der Waals surface area contributed by atoms with Crippen molar-refractivity contribution >= 4 is 56.5 Å². The standard InChI is InChI=1S/C26H20BrFN2O5S/c1-34-22-5-3-2-4-20(22)29-24(31)14-30-25(32)23(36-26(30)33)13-17-12-18(27)8-11-21(17)35-15-16-6-9-19(28)10-7-16/h2-13H,14-15H2,1H3,(H,29,31)/b23-13-. The van der Waals surface area contributed by atoms with Crippen LogP contribution >= 0.6 is 27.7 Å². The number of thioether (sulfide) groups is 1. The van der Waals surface area contributed by atoms with E-state index in [0.717, 1.165) is 26.7 Å². The van der Waals surface area contributed by atoms with Crippen LogP contribution in [0.25, 0.3) is 6.08 Å². The zero-order valence-electron chi connectivity index (χ0n) is 19.0. The quantitative estimate of drug-likeness (QED) is 0.342. The zero-order chi connectivity index (χ0) is 25.7. The number of hydrogen-bond donors (Lipinski definition) is 1. The molecule has 7 nitrogen and oxygen atoms in total. The molecule has 0 aromatic heterocycles. The van der Waals surface area contributed by atoms with Crippen LogP contribution in [-0.4, -0.2) is 35.6 Å². The summed E-state index contributed by atoms with van der Waals surface area (Å²) < 4.78 is 25.0. The molecule has 184 valence electrons. The van der Waals surface area contributed by atoms with Gasteiger partial charge in [0.2, 0.25) is 5.91 Å². The maximum atomic E-state index is 13.2. The number of rotatable bonds is 8. The van der Waals surface area contributed by atoms with Gasteiger partial charge in [0, 0.05) is 10.0 Å². The summed E-state index contributed by atoms with van der Waals surface area (Å²) in [6.07, 6.45) is 1.55. The largest absolute Gasteiger partial charge is 0.495 e. The third-order valence-electron chi connectivity index (χ3n) is 5.12. The molecule has 1 aliphatic heterocycles. The van der Waals surface area contributed by atoms with E-state index in [4.69, 9.17) is 9.47 Å². The molecule has 0 radical (unpaired) electrons. The zero-order valence-corrected chi connectivity index (χ0v) is 21.4. The number of nitrogens with zero attached hydrogens (tertiary/aromatic N) is 1. The van der Waals surface area contributed by atoms with Crippen LogP contribution in [0.1, 0.15) is 11.1 Å². The minimum atomic E-state index is -0.579. The third kappa shape index (κ3) is 6.13. The van der Waals surface area contributed by atoms with Gasteiger partial charge in [0.05, 0.1) is 17.7 Å². The van der Waals surface area contributed by atoms with Crippen LogP contribution in [-0.2, 0) is 16.2 Å². The van der Waals surface area contributed by atoms with Gasteiger partial charge in [-0.15, -0.1) is 0 Å². The molecule has 0 bridgehead atoms. The number of benzene rings is 3. The van der Waals surface area contributed by atoms with Crippen molar-refractivity contribution in [3.05, 3.63) is 93.1 Å². The molecular formula is C26H20BrFN2O5S. The number of imide groups is 1. The van der Waals surface area contributed by atoms with Gasteiger partial charge in [0.25, 0.3) is 11.1 Å². The van der Waals surface area contributed by atoms with Gasteiger partial charge in [-0.2, -0.15) is 0 Å². The number of amides is 3. The van der Waals surface area contributed by atoms with Crippen molar-refractivity contribution in [2.45, 2.75) is 6.61 Å². The summed E-state index contributed by atoms with van der Waals surface area (Å²) >= 11 is 4.15. The summed E-state index contributed by atoms with van der Waals surface area (Å²) in [6, 6.07) is 18.0. The molecule has 0 atom stereocenters. The van der Waals surface area contributed by atoms with E-state index in [9.17, 15) is 18.8 Å². The first kappa shape index (κ1) is 25.5. The van der Waals surface area contributed by atoms with Gasteiger partial charge in [-0.25, -0.2) is 4.39 Å². The lowest BCUT2D eigenvalue weighted by Crippen LogP contribution is -2.36. The highest BCUT2D eigenvalue weighted by Crippen LogP contribution is 2.35. The molecule has 3 aromatic carbocycles.